The second-order valence-corrected chi connectivity index (χ2v) is 14.8. The Morgan fingerprint density at radius 1 is 0.956 bits per heavy atom. The maximum absolute atomic E-state index is 15.3. The first-order chi connectivity index (χ1) is 21.5. The molecule has 0 spiro atoms. The monoisotopic (exact) mass is 677 g/mol. The van der Waals surface area contributed by atoms with Gasteiger partial charge in [-0.3, -0.25) is 13.9 Å². The fraction of sp³-hybridized carbons (Fsp3) is 0.375. The standard InChI is InChI=1S/C32H31Cl2F2N3O5S/c33-21-11-9-19(10-12-21)29-31(20-3-1-4-22(34)15-20)44-27(16-28(37)40)32(41)39(29)26(18-7-8-18)17-38(45(42,43)23-13-14-23)30-24(35)5-2-6-25(30)36/h1-6,9-12,15,18,23,26-27,29,31H,7-8,13-14,16-17H2,(H2,37,40)/t26-,27-,29-,31-/m1/s1. The normalized spacial score (nSPS) is 22.7. The van der Waals surface area contributed by atoms with Crippen LogP contribution in [0.1, 0.15) is 55.4 Å². The van der Waals surface area contributed by atoms with E-state index in [4.69, 9.17) is 33.7 Å². The van der Waals surface area contributed by atoms with Crippen LogP contribution in [0.2, 0.25) is 10.0 Å². The highest BCUT2D eigenvalue weighted by Crippen LogP contribution is 2.49. The number of carbonyl (C=O) groups is 2. The van der Waals surface area contributed by atoms with Crippen molar-refractivity contribution in [1.29, 1.82) is 0 Å². The molecule has 13 heteroatoms. The lowest BCUT2D eigenvalue weighted by atomic mass is 9.89. The predicted molar refractivity (Wildman–Crippen MR) is 166 cm³/mol. The van der Waals surface area contributed by atoms with Crippen LogP contribution in [0.4, 0.5) is 14.5 Å². The summed E-state index contributed by atoms with van der Waals surface area (Å²) in [7, 11) is -4.20. The zero-order valence-electron chi connectivity index (χ0n) is 24.0. The van der Waals surface area contributed by atoms with E-state index in [0.29, 0.717) is 46.9 Å². The first-order valence-corrected chi connectivity index (χ1v) is 16.9. The summed E-state index contributed by atoms with van der Waals surface area (Å²) in [6.45, 7) is -0.400. The van der Waals surface area contributed by atoms with E-state index in [1.807, 2.05) is 0 Å². The molecule has 3 fully saturated rings. The predicted octanol–water partition coefficient (Wildman–Crippen LogP) is 5.93. The molecule has 2 N–H and O–H groups in total. The Labute approximate surface area is 270 Å². The minimum atomic E-state index is -4.20. The lowest BCUT2D eigenvalue weighted by Crippen LogP contribution is -2.59. The number of nitrogens with zero attached hydrogens (tertiary/aromatic N) is 2. The molecule has 0 unspecified atom stereocenters. The molecule has 0 bridgehead atoms. The molecule has 1 aliphatic heterocycles. The van der Waals surface area contributed by atoms with Gasteiger partial charge in [-0.1, -0.05) is 53.5 Å². The van der Waals surface area contributed by atoms with Crippen LogP contribution in [0.5, 0.6) is 0 Å². The number of carbonyl (C=O) groups excluding carboxylic acids is 2. The number of nitrogens with two attached hydrogens (primary N) is 1. The Bertz CT molecular complexity index is 1700. The molecule has 8 nitrogen and oxygen atoms in total. The van der Waals surface area contributed by atoms with Gasteiger partial charge in [0.1, 0.15) is 17.9 Å². The number of hydrogen-bond donors (Lipinski definition) is 1. The van der Waals surface area contributed by atoms with Crippen LogP contribution in [-0.4, -0.2) is 49.1 Å². The molecular formula is C32H31Cl2F2N3O5S. The molecule has 1 saturated heterocycles. The van der Waals surface area contributed by atoms with Gasteiger partial charge in [-0.15, -0.1) is 0 Å². The topological polar surface area (TPSA) is 110 Å². The lowest BCUT2D eigenvalue weighted by Gasteiger charge is -2.49. The smallest absolute Gasteiger partial charge is 0.253 e. The van der Waals surface area contributed by atoms with Crippen molar-refractivity contribution in [2.45, 2.75) is 61.6 Å². The molecule has 0 aromatic heterocycles. The van der Waals surface area contributed by atoms with Crippen LogP contribution in [0.25, 0.3) is 0 Å². The van der Waals surface area contributed by atoms with Gasteiger partial charge in [-0.25, -0.2) is 17.2 Å². The van der Waals surface area contributed by atoms with Crippen molar-refractivity contribution < 1.29 is 31.5 Å². The van der Waals surface area contributed by atoms with E-state index < -0.39 is 81.7 Å². The number of anilines is 1. The molecule has 4 atom stereocenters. The van der Waals surface area contributed by atoms with Crippen LogP contribution in [-0.2, 0) is 24.3 Å². The highest BCUT2D eigenvalue weighted by molar-refractivity contribution is 7.93. The summed E-state index contributed by atoms with van der Waals surface area (Å²) in [6.07, 6.45) is -0.552. The summed E-state index contributed by atoms with van der Waals surface area (Å²) < 4.78 is 65.4. The van der Waals surface area contributed by atoms with E-state index in [1.54, 1.807) is 48.5 Å². The molecular weight excluding hydrogens is 647 g/mol. The maximum Gasteiger partial charge on any atom is 0.253 e. The number of morpholine rings is 1. The maximum atomic E-state index is 15.3. The average molecular weight is 679 g/mol. The number of ether oxygens (including phenoxy) is 1. The third-order valence-corrected chi connectivity index (χ3v) is 11.3. The van der Waals surface area contributed by atoms with Gasteiger partial charge >= 0.3 is 0 Å². The highest BCUT2D eigenvalue weighted by atomic mass is 35.5. The SMILES string of the molecule is NC(=O)C[C@H]1O[C@H](c2cccc(Cl)c2)[C@@H](c2ccc(Cl)cc2)N([C@H](CN(c2c(F)cccc2F)S(=O)(=O)C2CC2)C2CC2)C1=O. The van der Waals surface area contributed by atoms with Crippen molar-refractivity contribution in [3.8, 4) is 0 Å². The molecule has 3 aromatic carbocycles. The van der Waals surface area contributed by atoms with Crippen LogP contribution in [0, 0.1) is 17.6 Å². The first kappa shape index (κ1) is 31.7. The molecule has 0 radical (unpaired) electrons. The summed E-state index contributed by atoms with van der Waals surface area (Å²) in [5, 5.41) is 0.0803. The van der Waals surface area contributed by atoms with Crippen molar-refractivity contribution in [2.24, 2.45) is 11.7 Å². The quantitative estimate of drug-likeness (QED) is 0.270. The third kappa shape index (κ3) is 6.54. The van der Waals surface area contributed by atoms with Gasteiger partial charge < -0.3 is 15.4 Å². The number of halogens is 4. The van der Waals surface area contributed by atoms with E-state index in [2.05, 4.69) is 0 Å². The fourth-order valence-electron chi connectivity index (χ4n) is 6.10. The number of primary amides is 1. The van der Waals surface area contributed by atoms with Gasteiger partial charge in [0.2, 0.25) is 15.9 Å². The third-order valence-electron chi connectivity index (χ3n) is 8.52. The largest absolute Gasteiger partial charge is 0.370 e. The molecule has 2 aliphatic carbocycles. The van der Waals surface area contributed by atoms with Crippen LogP contribution in [0.3, 0.4) is 0 Å². The zero-order chi connectivity index (χ0) is 32.0. The fourth-order valence-corrected chi connectivity index (χ4v) is 8.30. The molecule has 238 valence electrons. The van der Waals surface area contributed by atoms with Crippen LogP contribution in [0.15, 0.2) is 66.7 Å². The van der Waals surface area contributed by atoms with Crippen molar-refractivity contribution in [3.05, 3.63) is 99.5 Å². The van der Waals surface area contributed by atoms with E-state index in [1.165, 1.54) is 11.0 Å². The van der Waals surface area contributed by atoms with Crippen molar-refractivity contribution in [2.75, 3.05) is 10.8 Å². The summed E-state index contributed by atoms with van der Waals surface area (Å²) in [6, 6.07) is 15.2. The Morgan fingerprint density at radius 2 is 1.60 bits per heavy atom. The Morgan fingerprint density at radius 3 is 2.18 bits per heavy atom. The molecule has 2 saturated carbocycles. The summed E-state index contributed by atoms with van der Waals surface area (Å²) in [4.78, 5) is 28.1. The van der Waals surface area contributed by atoms with Crippen LogP contribution < -0.4 is 10.0 Å². The van der Waals surface area contributed by atoms with Gasteiger partial charge in [-0.2, -0.15) is 0 Å². The minimum absolute atomic E-state index is 0.192. The lowest BCUT2D eigenvalue weighted by molar-refractivity contribution is -0.181. The number of rotatable bonds is 11. The van der Waals surface area contributed by atoms with Crippen LogP contribution >= 0.6 is 23.2 Å². The van der Waals surface area contributed by atoms with Gasteiger partial charge in [0.15, 0.2) is 11.6 Å². The number of para-hydroxylation sites is 1. The van der Waals surface area contributed by atoms with Crippen molar-refractivity contribution in [1.82, 2.24) is 4.90 Å². The van der Waals surface area contributed by atoms with Gasteiger partial charge in [0, 0.05) is 10.0 Å². The number of benzene rings is 3. The van der Waals surface area contributed by atoms with E-state index in [9.17, 15) is 18.0 Å². The van der Waals surface area contributed by atoms with Gasteiger partial charge in [0.05, 0.1) is 30.3 Å². The Hall–Kier alpha value is -3.25. The first-order valence-electron chi connectivity index (χ1n) is 14.7. The second kappa shape index (κ2) is 12.5. The summed E-state index contributed by atoms with van der Waals surface area (Å²) >= 11 is 12.6. The van der Waals surface area contributed by atoms with Gasteiger partial charge in [0.25, 0.3) is 5.91 Å². The molecule has 3 aromatic rings. The molecule has 2 amide bonds. The van der Waals surface area contributed by atoms with E-state index in [0.717, 1.165) is 16.4 Å². The van der Waals surface area contributed by atoms with Gasteiger partial charge in [-0.05, 0) is 79.1 Å². The molecule has 45 heavy (non-hydrogen) atoms. The highest BCUT2D eigenvalue weighted by Gasteiger charge is 2.52. The minimum Gasteiger partial charge on any atom is -0.370 e. The molecule has 1 heterocycles. The summed E-state index contributed by atoms with van der Waals surface area (Å²) in [5.74, 6) is -3.60. The average Bonchev–Trinajstić information content (AvgIpc) is 3.90. The second-order valence-electron chi connectivity index (χ2n) is 11.8. The zero-order valence-corrected chi connectivity index (χ0v) is 26.3. The van der Waals surface area contributed by atoms with E-state index in [-0.39, 0.29) is 5.92 Å². The van der Waals surface area contributed by atoms with Crippen molar-refractivity contribution in [3.63, 3.8) is 0 Å². The Balaban J connectivity index is 1.52. The van der Waals surface area contributed by atoms with Crippen molar-refractivity contribution >= 4 is 50.7 Å². The Kier molecular flexibility index (Phi) is 8.82. The number of sulfonamides is 1. The molecule has 6 rings (SSSR count). The van der Waals surface area contributed by atoms with E-state index >= 15 is 8.78 Å². The number of amides is 2. The molecule has 3 aliphatic rings. The summed E-state index contributed by atoms with van der Waals surface area (Å²) in [5.41, 5.74) is 6.08. The number of hydrogen-bond acceptors (Lipinski definition) is 5.